The van der Waals surface area contributed by atoms with Crippen molar-refractivity contribution in [1.29, 1.82) is 0 Å². The van der Waals surface area contributed by atoms with Crippen molar-refractivity contribution in [3.05, 3.63) is 0 Å². The third-order valence-corrected chi connectivity index (χ3v) is 4.39. The maximum atomic E-state index is 13.1. The number of amidine groups is 1. The van der Waals surface area contributed by atoms with E-state index in [4.69, 9.17) is 15.7 Å². The van der Waals surface area contributed by atoms with E-state index in [1.165, 1.54) is 0 Å². The lowest BCUT2D eigenvalue weighted by molar-refractivity contribution is -0.141. The van der Waals surface area contributed by atoms with E-state index in [0.29, 0.717) is 26.0 Å². The molecule has 0 unspecified atom stereocenters. The molecule has 0 aliphatic heterocycles. The van der Waals surface area contributed by atoms with Crippen LogP contribution in [0.5, 0.6) is 0 Å². The van der Waals surface area contributed by atoms with Gasteiger partial charge in [-0.15, -0.1) is 0 Å². The quantitative estimate of drug-likeness (QED) is 0.258. The molecule has 1 saturated carbocycles. The summed E-state index contributed by atoms with van der Waals surface area (Å²) in [7, 11) is 1.62. The average Bonchev–Trinajstić information content (AvgIpc) is 2.73. The Morgan fingerprint density at radius 3 is 2.33 bits per heavy atom. The summed E-state index contributed by atoms with van der Waals surface area (Å²) < 4.78 is 5.10. The fourth-order valence-corrected chi connectivity index (χ4v) is 3.07. The highest BCUT2D eigenvalue weighted by molar-refractivity contribution is 6.06. The summed E-state index contributed by atoms with van der Waals surface area (Å²) in [5, 5.41) is 12.3. The Labute approximate surface area is 127 Å². The Morgan fingerprint density at radius 2 is 1.90 bits per heavy atom. The van der Waals surface area contributed by atoms with Crippen LogP contribution in [0.3, 0.4) is 0 Å². The minimum Gasteiger partial charge on any atom is -0.409 e. The third-order valence-electron chi connectivity index (χ3n) is 4.39. The van der Waals surface area contributed by atoms with Crippen LogP contribution in [0.1, 0.15) is 52.4 Å². The maximum Gasteiger partial charge on any atom is 0.236 e. The Hall–Kier alpha value is -1.30. The molecular formula is C15H29N3O3. The molecule has 0 aromatic rings. The molecule has 0 atom stereocenters. The van der Waals surface area contributed by atoms with Crippen molar-refractivity contribution in [2.24, 2.45) is 16.3 Å². The number of hydrogen-bond acceptors (Lipinski definition) is 4. The number of hydrogen-bond donors (Lipinski definition) is 2. The van der Waals surface area contributed by atoms with E-state index >= 15 is 0 Å². The highest BCUT2D eigenvalue weighted by Crippen LogP contribution is 2.37. The van der Waals surface area contributed by atoms with E-state index in [1.807, 2.05) is 13.8 Å². The Morgan fingerprint density at radius 1 is 1.33 bits per heavy atom. The molecule has 0 aromatic heterocycles. The number of carbonyl (C=O) groups excluding carboxylic acids is 1. The molecule has 6 nitrogen and oxygen atoms in total. The lowest BCUT2D eigenvalue weighted by Gasteiger charge is -2.37. The topological polar surface area (TPSA) is 88.2 Å². The largest absolute Gasteiger partial charge is 0.409 e. The van der Waals surface area contributed by atoms with Crippen LogP contribution in [-0.4, -0.2) is 48.2 Å². The van der Waals surface area contributed by atoms with Crippen LogP contribution in [0.25, 0.3) is 0 Å². The second-order valence-corrected chi connectivity index (χ2v) is 6.07. The first-order chi connectivity index (χ1) is 9.99. The first kappa shape index (κ1) is 17.8. The molecule has 0 bridgehead atoms. The maximum absolute atomic E-state index is 13.1. The minimum absolute atomic E-state index is 0.0354. The molecule has 1 aliphatic rings. The van der Waals surface area contributed by atoms with Gasteiger partial charge in [-0.05, 0) is 26.7 Å². The van der Waals surface area contributed by atoms with Gasteiger partial charge >= 0.3 is 0 Å². The first-order valence-electron chi connectivity index (χ1n) is 7.77. The molecule has 122 valence electrons. The van der Waals surface area contributed by atoms with Crippen molar-refractivity contribution in [3.8, 4) is 0 Å². The zero-order chi connectivity index (χ0) is 15.9. The van der Waals surface area contributed by atoms with Crippen molar-refractivity contribution < 1.29 is 14.7 Å². The lowest BCUT2D eigenvalue weighted by Crippen LogP contribution is -2.54. The number of ether oxygens (including phenoxy) is 1. The number of oxime groups is 1. The zero-order valence-corrected chi connectivity index (χ0v) is 13.5. The van der Waals surface area contributed by atoms with Gasteiger partial charge in [0.15, 0.2) is 5.84 Å². The van der Waals surface area contributed by atoms with Gasteiger partial charge in [0.05, 0.1) is 6.61 Å². The molecule has 6 heteroatoms. The monoisotopic (exact) mass is 299 g/mol. The van der Waals surface area contributed by atoms with Crippen molar-refractivity contribution in [2.75, 3.05) is 20.3 Å². The molecule has 0 saturated heterocycles. The predicted octanol–water partition coefficient (Wildman–Crippen LogP) is 1.96. The van der Waals surface area contributed by atoms with Gasteiger partial charge in [-0.3, -0.25) is 4.79 Å². The summed E-state index contributed by atoms with van der Waals surface area (Å²) >= 11 is 0. The fourth-order valence-electron chi connectivity index (χ4n) is 3.07. The van der Waals surface area contributed by atoms with Crippen LogP contribution >= 0.6 is 0 Å². The Bertz CT molecular complexity index is 361. The summed E-state index contributed by atoms with van der Waals surface area (Å²) in [6, 6.07) is 0.0549. The Kier molecular flexibility index (Phi) is 6.95. The number of nitrogens with zero attached hydrogens (tertiary/aromatic N) is 2. The molecule has 0 spiro atoms. The zero-order valence-electron chi connectivity index (χ0n) is 13.5. The molecule has 1 rings (SSSR count). The van der Waals surface area contributed by atoms with E-state index in [9.17, 15) is 4.79 Å². The second-order valence-electron chi connectivity index (χ2n) is 6.07. The first-order valence-corrected chi connectivity index (χ1v) is 7.77. The predicted molar refractivity (Wildman–Crippen MR) is 82.3 cm³/mol. The third kappa shape index (κ3) is 4.09. The number of carbonyl (C=O) groups is 1. The summed E-state index contributed by atoms with van der Waals surface area (Å²) in [6.45, 7) is 4.96. The smallest absolute Gasteiger partial charge is 0.236 e. The number of rotatable bonds is 6. The summed E-state index contributed by atoms with van der Waals surface area (Å²) in [5.74, 6) is 0.0178. The standard InChI is InChI=1S/C15H29N3O3/c1-12(2)18(10-11-21-3)14(19)15(13(16)17-20)8-6-4-5-7-9-15/h12,20H,4-11H2,1-3H3,(H2,16,17). The average molecular weight is 299 g/mol. The van der Waals surface area contributed by atoms with E-state index in [-0.39, 0.29) is 17.8 Å². The second kappa shape index (κ2) is 8.22. The molecule has 0 radical (unpaired) electrons. The van der Waals surface area contributed by atoms with E-state index in [2.05, 4.69) is 5.16 Å². The summed E-state index contributed by atoms with van der Waals surface area (Å²) in [5.41, 5.74) is 5.08. The SMILES string of the molecule is COCCN(C(=O)C1(C(N)=NO)CCCCCC1)C(C)C. The van der Waals surface area contributed by atoms with Crippen LogP contribution < -0.4 is 5.73 Å². The van der Waals surface area contributed by atoms with E-state index in [0.717, 1.165) is 25.7 Å². The van der Waals surface area contributed by atoms with Crippen molar-refractivity contribution in [1.82, 2.24) is 4.90 Å². The number of methoxy groups -OCH3 is 1. The van der Waals surface area contributed by atoms with Gasteiger partial charge in [-0.1, -0.05) is 30.8 Å². The van der Waals surface area contributed by atoms with Gasteiger partial charge in [0, 0.05) is 19.7 Å². The van der Waals surface area contributed by atoms with Crippen molar-refractivity contribution >= 4 is 11.7 Å². The molecule has 3 N–H and O–H groups in total. The Balaban J connectivity index is 3.07. The molecule has 0 heterocycles. The molecular weight excluding hydrogens is 270 g/mol. The molecule has 0 aromatic carbocycles. The molecule has 1 amide bonds. The lowest BCUT2D eigenvalue weighted by atomic mass is 9.77. The van der Waals surface area contributed by atoms with Gasteiger partial charge in [0.1, 0.15) is 5.41 Å². The van der Waals surface area contributed by atoms with Crippen LogP contribution in [-0.2, 0) is 9.53 Å². The van der Waals surface area contributed by atoms with E-state index in [1.54, 1.807) is 12.0 Å². The fraction of sp³-hybridized carbons (Fsp3) is 0.867. The summed E-state index contributed by atoms with van der Waals surface area (Å²) in [4.78, 5) is 14.9. The normalized spacial score (nSPS) is 19.3. The van der Waals surface area contributed by atoms with Crippen LogP contribution in [0.15, 0.2) is 5.16 Å². The van der Waals surface area contributed by atoms with Crippen molar-refractivity contribution in [3.63, 3.8) is 0 Å². The summed E-state index contributed by atoms with van der Waals surface area (Å²) in [6.07, 6.45) is 5.34. The minimum atomic E-state index is -0.858. The van der Waals surface area contributed by atoms with Crippen LogP contribution in [0.2, 0.25) is 0 Å². The number of nitrogens with two attached hydrogens (primary N) is 1. The molecule has 1 aliphatic carbocycles. The van der Waals surface area contributed by atoms with Crippen molar-refractivity contribution in [2.45, 2.75) is 58.4 Å². The highest BCUT2D eigenvalue weighted by atomic mass is 16.5. The molecule has 1 fully saturated rings. The van der Waals surface area contributed by atoms with Gasteiger partial charge < -0.3 is 20.6 Å². The molecule has 21 heavy (non-hydrogen) atoms. The van der Waals surface area contributed by atoms with Gasteiger partial charge in [-0.25, -0.2) is 0 Å². The van der Waals surface area contributed by atoms with Gasteiger partial charge in [-0.2, -0.15) is 0 Å². The number of amides is 1. The van der Waals surface area contributed by atoms with Gasteiger partial charge in [0.25, 0.3) is 0 Å². The van der Waals surface area contributed by atoms with E-state index < -0.39 is 5.41 Å². The van der Waals surface area contributed by atoms with Crippen LogP contribution in [0, 0.1) is 5.41 Å². The highest BCUT2D eigenvalue weighted by Gasteiger charge is 2.45. The van der Waals surface area contributed by atoms with Gasteiger partial charge in [0.2, 0.25) is 5.91 Å². The van der Waals surface area contributed by atoms with Crippen LogP contribution in [0.4, 0.5) is 0 Å².